The molecule has 0 spiro atoms. The molecule has 106 valence electrons. The van der Waals surface area contributed by atoms with Gasteiger partial charge in [0.15, 0.2) is 5.82 Å². The highest BCUT2D eigenvalue weighted by Gasteiger charge is 2.18. The third kappa shape index (κ3) is 2.81. The quantitative estimate of drug-likeness (QED) is 0.900. The van der Waals surface area contributed by atoms with Crippen LogP contribution in [0.1, 0.15) is 37.4 Å². The topological polar surface area (TPSA) is 37.8 Å². The summed E-state index contributed by atoms with van der Waals surface area (Å²) in [6, 6.07) is 3.91. The summed E-state index contributed by atoms with van der Waals surface area (Å²) >= 11 is 7.56. The molecule has 2 aromatic heterocycles. The van der Waals surface area contributed by atoms with Crippen molar-refractivity contribution in [3.63, 3.8) is 0 Å². The summed E-state index contributed by atoms with van der Waals surface area (Å²) in [6.45, 7) is 3.12. The molecule has 0 aliphatic heterocycles. The largest absolute Gasteiger partial charge is 0.370 e. The number of aryl methyl sites for hydroxylation is 1. The van der Waals surface area contributed by atoms with Crippen LogP contribution in [0.5, 0.6) is 0 Å². The number of hydrogen-bond donors (Lipinski definition) is 1. The molecule has 1 N–H and O–H groups in total. The zero-order valence-corrected chi connectivity index (χ0v) is 13.2. The fourth-order valence-electron chi connectivity index (χ4n) is 2.53. The van der Waals surface area contributed by atoms with E-state index in [4.69, 9.17) is 21.6 Å². The van der Waals surface area contributed by atoms with E-state index in [-0.39, 0.29) is 0 Å². The fourth-order valence-corrected chi connectivity index (χ4v) is 3.51. The lowest BCUT2D eigenvalue weighted by atomic mass is 9.96. The van der Waals surface area contributed by atoms with Gasteiger partial charge in [0.1, 0.15) is 5.82 Å². The maximum absolute atomic E-state index is 6.02. The first-order valence-electron chi connectivity index (χ1n) is 7.17. The van der Waals surface area contributed by atoms with Crippen molar-refractivity contribution >= 4 is 28.8 Å². The first-order chi connectivity index (χ1) is 9.78. The molecule has 3 rings (SSSR count). The number of aromatic nitrogens is 2. The Labute approximate surface area is 128 Å². The van der Waals surface area contributed by atoms with Gasteiger partial charge in [0.05, 0.1) is 9.21 Å². The summed E-state index contributed by atoms with van der Waals surface area (Å²) in [5.74, 6) is 1.83. The minimum atomic E-state index is 0.782. The predicted octanol–water partition coefficient (Wildman–Crippen LogP) is 4.56. The van der Waals surface area contributed by atoms with E-state index in [0.29, 0.717) is 0 Å². The van der Waals surface area contributed by atoms with Crippen LogP contribution in [0.15, 0.2) is 12.1 Å². The maximum Gasteiger partial charge on any atom is 0.171 e. The SMILES string of the molecule is CCCNc1nc(-c2ccc(Cl)s2)nc2c1CCCC2. The molecule has 3 nitrogen and oxygen atoms in total. The molecule has 0 bridgehead atoms. The van der Waals surface area contributed by atoms with Crippen molar-refractivity contribution in [3.8, 4) is 10.7 Å². The van der Waals surface area contributed by atoms with Crippen molar-refractivity contribution in [1.82, 2.24) is 9.97 Å². The molecule has 0 atom stereocenters. The van der Waals surface area contributed by atoms with Crippen LogP contribution in [-0.2, 0) is 12.8 Å². The minimum Gasteiger partial charge on any atom is -0.370 e. The number of rotatable bonds is 4. The van der Waals surface area contributed by atoms with Gasteiger partial charge in [-0.3, -0.25) is 0 Å². The van der Waals surface area contributed by atoms with Gasteiger partial charge < -0.3 is 5.32 Å². The lowest BCUT2D eigenvalue weighted by Crippen LogP contribution is -2.13. The maximum atomic E-state index is 6.02. The second-order valence-corrected chi connectivity index (χ2v) is 6.77. The molecular formula is C15H18ClN3S. The summed E-state index contributed by atoms with van der Waals surface area (Å²) in [6.07, 6.45) is 5.71. The van der Waals surface area contributed by atoms with Gasteiger partial charge in [0, 0.05) is 17.8 Å². The lowest BCUT2D eigenvalue weighted by molar-refractivity contribution is 0.664. The van der Waals surface area contributed by atoms with Gasteiger partial charge in [-0.2, -0.15) is 0 Å². The van der Waals surface area contributed by atoms with Crippen molar-refractivity contribution in [2.24, 2.45) is 0 Å². The van der Waals surface area contributed by atoms with Crippen LogP contribution in [0.25, 0.3) is 10.7 Å². The van der Waals surface area contributed by atoms with Gasteiger partial charge in [-0.15, -0.1) is 11.3 Å². The Bertz CT molecular complexity index is 609. The summed E-state index contributed by atoms with van der Waals surface area (Å²) < 4.78 is 0.782. The van der Waals surface area contributed by atoms with E-state index in [9.17, 15) is 0 Å². The molecule has 0 radical (unpaired) electrons. The summed E-state index contributed by atoms with van der Waals surface area (Å²) in [7, 11) is 0. The number of nitrogens with zero attached hydrogens (tertiary/aromatic N) is 2. The van der Waals surface area contributed by atoms with Crippen LogP contribution in [0.2, 0.25) is 4.34 Å². The van der Waals surface area contributed by atoms with Gasteiger partial charge in [-0.05, 0) is 44.2 Å². The standard InChI is InChI=1S/C15H18ClN3S/c1-2-9-17-14-10-5-3-4-6-11(10)18-15(19-14)12-7-8-13(16)20-12/h7-8H,2-6,9H2,1H3,(H,17,18,19). The van der Waals surface area contributed by atoms with Crippen molar-refractivity contribution in [2.75, 3.05) is 11.9 Å². The van der Waals surface area contributed by atoms with E-state index in [1.165, 1.54) is 35.4 Å². The highest BCUT2D eigenvalue weighted by molar-refractivity contribution is 7.19. The molecule has 2 heterocycles. The van der Waals surface area contributed by atoms with Crippen molar-refractivity contribution in [3.05, 3.63) is 27.7 Å². The molecule has 2 aromatic rings. The first-order valence-corrected chi connectivity index (χ1v) is 8.36. The van der Waals surface area contributed by atoms with Gasteiger partial charge in [-0.25, -0.2) is 9.97 Å². The number of anilines is 1. The van der Waals surface area contributed by atoms with Gasteiger partial charge in [-0.1, -0.05) is 18.5 Å². The molecule has 0 unspecified atom stereocenters. The average molecular weight is 308 g/mol. The number of thiophene rings is 1. The average Bonchev–Trinajstić information content (AvgIpc) is 2.91. The normalized spacial score (nSPS) is 14.1. The molecule has 0 amide bonds. The van der Waals surface area contributed by atoms with E-state index in [2.05, 4.69) is 12.2 Å². The van der Waals surface area contributed by atoms with Crippen LogP contribution in [0.4, 0.5) is 5.82 Å². The highest BCUT2D eigenvalue weighted by Crippen LogP contribution is 2.32. The zero-order chi connectivity index (χ0) is 13.9. The summed E-state index contributed by atoms with van der Waals surface area (Å²) in [5.41, 5.74) is 2.53. The van der Waals surface area contributed by atoms with Crippen molar-refractivity contribution in [1.29, 1.82) is 0 Å². The highest BCUT2D eigenvalue weighted by atomic mass is 35.5. The van der Waals surface area contributed by atoms with Crippen LogP contribution < -0.4 is 5.32 Å². The third-order valence-corrected chi connectivity index (χ3v) is 4.75. The Morgan fingerprint density at radius 1 is 1.25 bits per heavy atom. The van der Waals surface area contributed by atoms with Crippen molar-refractivity contribution in [2.45, 2.75) is 39.0 Å². The first kappa shape index (κ1) is 13.8. The molecular weight excluding hydrogens is 290 g/mol. The zero-order valence-electron chi connectivity index (χ0n) is 11.6. The number of hydrogen-bond acceptors (Lipinski definition) is 4. The Kier molecular flexibility index (Phi) is 4.22. The second kappa shape index (κ2) is 6.10. The summed E-state index contributed by atoms with van der Waals surface area (Å²) in [4.78, 5) is 10.5. The lowest BCUT2D eigenvalue weighted by Gasteiger charge is -2.19. The Morgan fingerprint density at radius 2 is 2.10 bits per heavy atom. The molecule has 0 aromatic carbocycles. The van der Waals surface area contributed by atoms with Crippen LogP contribution >= 0.6 is 22.9 Å². The fraction of sp³-hybridized carbons (Fsp3) is 0.467. The third-order valence-electron chi connectivity index (χ3n) is 3.52. The van der Waals surface area contributed by atoms with Crippen LogP contribution in [0, 0.1) is 0 Å². The van der Waals surface area contributed by atoms with E-state index in [1.807, 2.05) is 12.1 Å². The minimum absolute atomic E-state index is 0.782. The monoisotopic (exact) mass is 307 g/mol. The van der Waals surface area contributed by atoms with Crippen LogP contribution in [0.3, 0.4) is 0 Å². The second-order valence-electron chi connectivity index (χ2n) is 5.06. The molecule has 20 heavy (non-hydrogen) atoms. The Balaban J connectivity index is 2.03. The van der Waals surface area contributed by atoms with Gasteiger partial charge in [0.2, 0.25) is 0 Å². The number of fused-ring (bicyclic) bond motifs is 1. The van der Waals surface area contributed by atoms with E-state index >= 15 is 0 Å². The Hall–Kier alpha value is -1.13. The number of nitrogens with one attached hydrogen (secondary N) is 1. The Morgan fingerprint density at radius 3 is 2.85 bits per heavy atom. The van der Waals surface area contributed by atoms with E-state index < -0.39 is 0 Å². The molecule has 0 fully saturated rings. The summed E-state index contributed by atoms with van der Waals surface area (Å²) in [5, 5.41) is 3.46. The van der Waals surface area contributed by atoms with E-state index in [1.54, 1.807) is 0 Å². The smallest absolute Gasteiger partial charge is 0.171 e. The van der Waals surface area contributed by atoms with Gasteiger partial charge >= 0.3 is 0 Å². The molecule has 0 saturated heterocycles. The van der Waals surface area contributed by atoms with Gasteiger partial charge in [0.25, 0.3) is 0 Å². The number of halogens is 1. The molecule has 0 saturated carbocycles. The molecule has 5 heteroatoms. The predicted molar refractivity (Wildman–Crippen MR) is 85.8 cm³/mol. The molecule has 1 aliphatic rings. The molecule has 1 aliphatic carbocycles. The van der Waals surface area contributed by atoms with Crippen LogP contribution in [-0.4, -0.2) is 16.5 Å². The van der Waals surface area contributed by atoms with E-state index in [0.717, 1.165) is 46.7 Å². The van der Waals surface area contributed by atoms with Crippen molar-refractivity contribution < 1.29 is 0 Å².